The average Bonchev–Trinajstić information content (AvgIpc) is 3.04. The molecule has 0 amide bonds. The second-order valence-corrected chi connectivity index (χ2v) is 8.43. The first-order valence-corrected chi connectivity index (χ1v) is 10.6. The first-order valence-electron chi connectivity index (χ1n) is 9.28. The van der Waals surface area contributed by atoms with Gasteiger partial charge in [-0.2, -0.15) is 0 Å². The summed E-state index contributed by atoms with van der Waals surface area (Å²) in [5.41, 5.74) is 5.20. The molecule has 1 aromatic heterocycles. The minimum atomic E-state index is 0.110. The first-order chi connectivity index (χ1) is 13.8. The fourth-order valence-corrected chi connectivity index (χ4v) is 4.04. The molecule has 0 aliphatic heterocycles. The van der Waals surface area contributed by atoms with Crippen LogP contribution in [0.1, 0.15) is 38.4 Å². The van der Waals surface area contributed by atoms with Crippen molar-refractivity contribution in [1.29, 1.82) is 0 Å². The molecule has 7 heteroatoms. The van der Waals surface area contributed by atoms with Crippen molar-refractivity contribution in [2.24, 2.45) is 7.05 Å². The van der Waals surface area contributed by atoms with E-state index in [9.17, 15) is 4.79 Å². The lowest BCUT2D eigenvalue weighted by Gasteiger charge is -2.14. The highest BCUT2D eigenvalue weighted by molar-refractivity contribution is 7.99. The summed E-state index contributed by atoms with van der Waals surface area (Å²) in [6.45, 7) is 8.39. The maximum Gasteiger partial charge on any atom is 0.191 e. The number of nitrogens with zero attached hydrogens (tertiary/aromatic N) is 3. The molecular formula is C22H24ClN3O2S. The molecule has 0 fully saturated rings. The fourth-order valence-electron chi connectivity index (χ4n) is 3.11. The second kappa shape index (κ2) is 9.01. The van der Waals surface area contributed by atoms with E-state index in [-0.39, 0.29) is 12.4 Å². The molecule has 0 N–H and O–H groups in total. The van der Waals surface area contributed by atoms with Gasteiger partial charge in [-0.25, -0.2) is 0 Å². The number of benzene rings is 2. The molecule has 0 bridgehead atoms. The van der Waals surface area contributed by atoms with Gasteiger partial charge in [0.15, 0.2) is 16.8 Å². The molecule has 0 unspecified atom stereocenters. The number of ketones is 1. The van der Waals surface area contributed by atoms with Gasteiger partial charge in [-0.3, -0.25) is 4.79 Å². The van der Waals surface area contributed by atoms with Crippen molar-refractivity contribution in [1.82, 2.24) is 14.8 Å². The predicted molar refractivity (Wildman–Crippen MR) is 117 cm³/mol. The molecule has 152 valence electrons. The molecular weight excluding hydrogens is 406 g/mol. The standard InChI is InChI=1S/C22H24ClN3O2S/c1-13-10-14(2)16(4)21(15(13)3)19(27)12-29-22-25-24-20(26(22)5)11-28-18-8-6-17(23)7-9-18/h6-10H,11-12H2,1-5H3. The van der Waals surface area contributed by atoms with E-state index in [2.05, 4.69) is 16.3 Å². The van der Waals surface area contributed by atoms with Crippen LogP contribution in [0, 0.1) is 27.7 Å². The van der Waals surface area contributed by atoms with E-state index in [1.807, 2.05) is 51.4 Å². The van der Waals surface area contributed by atoms with Gasteiger partial charge in [-0.1, -0.05) is 29.4 Å². The Labute approximate surface area is 180 Å². The van der Waals surface area contributed by atoms with Gasteiger partial charge in [-0.15, -0.1) is 10.2 Å². The fraction of sp³-hybridized carbons (Fsp3) is 0.318. The van der Waals surface area contributed by atoms with E-state index in [1.54, 1.807) is 12.1 Å². The number of rotatable bonds is 7. The molecule has 2 aromatic carbocycles. The van der Waals surface area contributed by atoms with Crippen LogP contribution in [0.3, 0.4) is 0 Å². The largest absolute Gasteiger partial charge is 0.486 e. The molecule has 0 radical (unpaired) electrons. The number of carbonyl (C=O) groups excluding carboxylic acids is 1. The Kier molecular flexibility index (Phi) is 6.65. The van der Waals surface area contributed by atoms with Crippen molar-refractivity contribution in [3.8, 4) is 5.75 Å². The lowest BCUT2D eigenvalue weighted by Crippen LogP contribution is -2.11. The Hall–Kier alpha value is -2.31. The van der Waals surface area contributed by atoms with Crippen LogP contribution in [0.2, 0.25) is 5.02 Å². The number of halogens is 1. The quantitative estimate of drug-likeness (QED) is 0.379. The zero-order valence-corrected chi connectivity index (χ0v) is 18.8. The Morgan fingerprint density at radius 2 is 1.69 bits per heavy atom. The highest BCUT2D eigenvalue weighted by Gasteiger charge is 2.18. The molecule has 3 aromatic rings. The first kappa shape index (κ1) is 21.4. The van der Waals surface area contributed by atoms with Gasteiger partial charge < -0.3 is 9.30 Å². The van der Waals surface area contributed by atoms with Gasteiger partial charge in [0.05, 0.1) is 5.75 Å². The molecule has 0 aliphatic carbocycles. The van der Waals surface area contributed by atoms with Crippen LogP contribution in [-0.2, 0) is 13.7 Å². The van der Waals surface area contributed by atoms with E-state index >= 15 is 0 Å². The normalized spacial score (nSPS) is 11.0. The summed E-state index contributed by atoms with van der Waals surface area (Å²) in [5.74, 6) is 1.82. The zero-order valence-electron chi connectivity index (χ0n) is 17.2. The summed E-state index contributed by atoms with van der Waals surface area (Å²) in [5, 5.41) is 9.75. The van der Waals surface area contributed by atoms with Crippen LogP contribution < -0.4 is 4.74 Å². The Bertz CT molecular complexity index is 1020. The number of ether oxygens (including phenoxy) is 1. The maximum absolute atomic E-state index is 12.9. The third kappa shape index (κ3) is 4.82. The number of Topliss-reactive ketones (excluding diaryl/α,β-unsaturated/α-hetero) is 1. The SMILES string of the molecule is Cc1cc(C)c(C)c(C(=O)CSc2nnc(COc3ccc(Cl)cc3)n2C)c1C. The van der Waals surface area contributed by atoms with Crippen LogP contribution in [0.5, 0.6) is 5.75 Å². The van der Waals surface area contributed by atoms with Crippen LogP contribution in [0.15, 0.2) is 35.5 Å². The van der Waals surface area contributed by atoms with E-state index in [0.717, 1.165) is 27.8 Å². The highest BCUT2D eigenvalue weighted by atomic mass is 35.5. The monoisotopic (exact) mass is 429 g/mol. The van der Waals surface area contributed by atoms with Crippen LogP contribution in [-0.4, -0.2) is 26.3 Å². The van der Waals surface area contributed by atoms with E-state index in [4.69, 9.17) is 16.3 Å². The van der Waals surface area contributed by atoms with Crippen molar-refractivity contribution in [3.63, 3.8) is 0 Å². The predicted octanol–water partition coefficient (Wildman–Crippen LogP) is 5.26. The van der Waals surface area contributed by atoms with Crippen LogP contribution in [0.4, 0.5) is 0 Å². The lowest BCUT2D eigenvalue weighted by molar-refractivity contribution is 0.102. The van der Waals surface area contributed by atoms with Crippen molar-refractivity contribution in [3.05, 3.63) is 69.0 Å². The van der Waals surface area contributed by atoms with Gasteiger partial charge in [-0.05, 0) is 74.2 Å². The molecule has 3 rings (SSSR count). The van der Waals surface area contributed by atoms with E-state index in [0.29, 0.717) is 27.5 Å². The Morgan fingerprint density at radius 1 is 1.07 bits per heavy atom. The van der Waals surface area contributed by atoms with Crippen molar-refractivity contribution < 1.29 is 9.53 Å². The molecule has 0 atom stereocenters. The lowest BCUT2D eigenvalue weighted by atomic mass is 9.92. The minimum Gasteiger partial charge on any atom is -0.486 e. The Balaban J connectivity index is 1.66. The van der Waals surface area contributed by atoms with Crippen molar-refractivity contribution in [2.75, 3.05) is 5.75 Å². The Morgan fingerprint density at radius 3 is 2.31 bits per heavy atom. The summed E-state index contributed by atoms with van der Waals surface area (Å²) < 4.78 is 7.59. The number of hydrogen-bond acceptors (Lipinski definition) is 5. The summed E-state index contributed by atoms with van der Waals surface area (Å²) in [6.07, 6.45) is 0. The molecule has 0 aliphatic rings. The molecule has 0 saturated heterocycles. The number of carbonyl (C=O) groups is 1. The summed E-state index contributed by atoms with van der Waals surface area (Å²) in [4.78, 5) is 12.9. The molecule has 1 heterocycles. The van der Waals surface area contributed by atoms with Gasteiger partial charge in [0.1, 0.15) is 12.4 Å². The number of aromatic nitrogens is 3. The number of hydrogen-bond donors (Lipinski definition) is 0. The topological polar surface area (TPSA) is 57.0 Å². The van der Waals surface area contributed by atoms with Gasteiger partial charge in [0, 0.05) is 17.6 Å². The average molecular weight is 430 g/mol. The van der Waals surface area contributed by atoms with Gasteiger partial charge in [0.2, 0.25) is 0 Å². The third-order valence-electron chi connectivity index (χ3n) is 5.08. The number of thioether (sulfide) groups is 1. The number of aryl methyl sites for hydroxylation is 2. The van der Waals surface area contributed by atoms with Crippen LogP contribution >= 0.6 is 23.4 Å². The highest BCUT2D eigenvalue weighted by Crippen LogP contribution is 2.25. The van der Waals surface area contributed by atoms with E-state index < -0.39 is 0 Å². The van der Waals surface area contributed by atoms with Crippen molar-refractivity contribution in [2.45, 2.75) is 39.5 Å². The molecule has 5 nitrogen and oxygen atoms in total. The second-order valence-electron chi connectivity index (χ2n) is 7.05. The van der Waals surface area contributed by atoms with Gasteiger partial charge >= 0.3 is 0 Å². The maximum atomic E-state index is 12.9. The smallest absolute Gasteiger partial charge is 0.191 e. The summed E-state index contributed by atoms with van der Waals surface area (Å²) >= 11 is 7.28. The minimum absolute atomic E-state index is 0.110. The molecule has 0 saturated carbocycles. The van der Waals surface area contributed by atoms with Gasteiger partial charge in [0.25, 0.3) is 0 Å². The molecule has 0 spiro atoms. The third-order valence-corrected chi connectivity index (χ3v) is 6.36. The zero-order chi connectivity index (χ0) is 21.1. The molecule has 29 heavy (non-hydrogen) atoms. The van der Waals surface area contributed by atoms with Crippen LogP contribution in [0.25, 0.3) is 0 Å². The summed E-state index contributed by atoms with van der Waals surface area (Å²) in [6, 6.07) is 9.29. The summed E-state index contributed by atoms with van der Waals surface area (Å²) in [7, 11) is 1.88. The van der Waals surface area contributed by atoms with E-state index in [1.165, 1.54) is 11.8 Å². The van der Waals surface area contributed by atoms with Crippen molar-refractivity contribution >= 4 is 29.1 Å².